The Morgan fingerprint density at radius 3 is 1.90 bits per heavy atom. The predicted molar refractivity (Wildman–Crippen MR) is 35.3 cm³/mol. The van der Waals surface area contributed by atoms with E-state index in [2.05, 4.69) is 16.7 Å². The third kappa shape index (κ3) is 4.69. The van der Waals surface area contributed by atoms with Crippen molar-refractivity contribution in [2.45, 2.75) is 19.4 Å². The van der Waals surface area contributed by atoms with Crippen LogP contribution in [0.1, 0.15) is 13.3 Å². The lowest BCUT2D eigenvalue weighted by atomic mass is 10.3. The summed E-state index contributed by atoms with van der Waals surface area (Å²) in [6.07, 6.45) is 1.46. The first kappa shape index (κ1) is 9.84. The van der Waals surface area contributed by atoms with E-state index in [4.69, 9.17) is 10.2 Å². The Morgan fingerprint density at radius 1 is 1.40 bits per heavy atom. The lowest BCUT2D eigenvalue weighted by molar-refractivity contribution is -0.424. The van der Waals surface area contributed by atoms with Crippen LogP contribution >= 0.6 is 0 Å². The molecule has 4 heteroatoms. The molecular formula is C6H14O4. The van der Waals surface area contributed by atoms with Crippen LogP contribution in [-0.4, -0.2) is 36.1 Å². The molecule has 0 bridgehead atoms. The van der Waals surface area contributed by atoms with Crippen LogP contribution < -0.4 is 0 Å². The first-order chi connectivity index (χ1) is 4.85. The number of hydrogen-bond acceptors (Lipinski definition) is 4. The highest BCUT2D eigenvalue weighted by Gasteiger charge is 2.16. The molecule has 1 aliphatic rings. The molecule has 0 aromatic carbocycles. The van der Waals surface area contributed by atoms with Gasteiger partial charge in [-0.25, -0.2) is 9.78 Å². The number of hydrogen-bond donors (Lipinski definition) is 2. The summed E-state index contributed by atoms with van der Waals surface area (Å²) in [6.45, 7) is 2.61. The predicted octanol–water partition coefficient (Wildman–Crippen LogP) is -0.302. The lowest BCUT2D eigenvalue weighted by Gasteiger charge is -2.22. The molecule has 0 aromatic rings. The van der Waals surface area contributed by atoms with Crippen molar-refractivity contribution in [2.75, 3.05) is 19.8 Å². The maximum Gasteiger partial charge on any atom is 0.119 e. The first-order valence-electron chi connectivity index (χ1n) is 3.35. The molecule has 10 heavy (non-hydrogen) atoms. The van der Waals surface area contributed by atoms with Crippen molar-refractivity contribution in [3.63, 3.8) is 0 Å². The van der Waals surface area contributed by atoms with Crippen LogP contribution in [0.5, 0.6) is 0 Å². The van der Waals surface area contributed by atoms with Gasteiger partial charge in [-0.3, -0.25) is 0 Å². The van der Waals surface area contributed by atoms with Crippen LogP contribution in [0.15, 0.2) is 0 Å². The van der Waals surface area contributed by atoms with Gasteiger partial charge < -0.3 is 10.2 Å². The number of aliphatic hydroxyl groups excluding tert-OH is 2. The molecule has 4 nitrogen and oxygen atoms in total. The summed E-state index contributed by atoms with van der Waals surface area (Å²) in [4.78, 5) is 9.01. The molecule has 0 radical (unpaired) electrons. The summed E-state index contributed by atoms with van der Waals surface area (Å²) in [5.74, 6) is 0. The van der Waals surface area contributed by atoms with Gasteiger partial charge in [-0.05, 0) is 6.42 Å². The molecule has 2 N–H and O–H groups in total. The SMILES string of the molecule is CCC1COO1.OCCO. The number of rotatable bonds is 2. The van der Waals surface area contributed by atoms with Gasteiger partial charge >= 0.3 is 0 Å². The van der Waals surface area contributed by atoms with Gasteiger partial charge in [-0.2, -0.15) is 0 Å². The second-order valence-electron chi connectivity index (χ2n) is 1.86. The Hall–Kier alpha value is -0.160. The van der Waals surface area contributed by atoms with Gasteiger partial charge in [0.2, 0.25) is 0 Å². The largest absolute Gasteiger partial charge is 0.394 e. The highest BCUT2D eigenvalue weighted by molar-refractivity contribution is 4.53. The van der Waals surface area contributed by atoms with Gasteiger partial charge in [-0.1, -0.05) is 6.92 Å². The maximum atomic E-state index is 7.62. The van der Waals surface area contributed by atoms with Crippen LogP contribution in [0.2, 0.25) is 0 Å². The topological polar surface area (TPSA) is 58.9 Å². The Bertz CT molecular complexity index is 58.0. The van der Waals surface area contributed by atoms with Crippen molar-refractivity contribution in [2.24, 2.45) is 0 Å². The van der Waals surface area contributed by atoms with Gasteiger partial charge in [0.05, 0.1) is 13.2 Å². The summed E-state index contributed by atoms with van der Waals surface area (Å²) in [6, 6.07) is 0. The normalized spacial score (nSPS) is 22.5. The Balaban J connectivity index is 0.000000180. The molecule has 0 aliphatic carbocycles. The number of aliphatic hydroxyl groups is 2. The molecule has 1 rings (SSSR count). The van der Waals surface area contributed by atoms with Gasteiger partial charge in [0.1, 0.15) is 12.7 Å². The molecule has 1 aliphatic heterocycles. The fraction of sp³-hybridized carbons (Fsp3) is 1.00. The van der Waals surface area contributed by atoms with E-state index in [0.717, 1.165) is 13.0 Å². The second-order valence-corrected chi connectivity index (χ2v) is 1.86. The molecule has 1 heterocycles. The van der Waals surface area contributed by atoms with Crippen molar-refractivity contribution in [3.05, 3.63) is 0 Å². The summed E-state index contributed by atoms with van der Waals surface area (Å²) in [7, 11) is 0. The van der Waals surface area contributed by atoms with Gasteiger partial charge in [0.25, 0.3) is 0 Å². The minimum atomic E-state index is -0.125. The Labute approximate surface area is 60.3 Å². The van der Waals surface area contributed by atoms with E-state index in [1.165, 1.54) is 0 Å². The third-order valence-corrected chi connectivity index (χ3v) is 1.01. The Morgan fingerprint density at radius 2 is 1.90 bits per heavy atom. The average Bonchev–Trinajstić information content (AvgIpc) is 1.87. The maximum absolute atomic E-state index is 7.62. The third-order valence-electron chi connectivity index (χ3n) is 1.01. The Kier molecular flexibility index (Phi) is 6.84. The minimum Gasteiger partial charge on any atom is -0.394 e. The average molecular weight is 150 g/mol. The lowest BCUT2D eigenvalue weighted by Crippen LogP contribution is -2.29. The molecule has 0 aromatic heterocycles. The summed E-state index contributed by atoms with van der Waals surface area (Å²) in [5, 5.41) is 15.2. The van der Waals surface area contributed by atoms with Crippen LogP contribution in [0.25, 0.3) is 0 Å². The molecule has 1 fully saturated rings. The molecule has 0 saturated carbocycles. The zero-order chi connectivity index (χ0) is 7.82. The molecule has 0 spiro atoms. The van der Waals surface area contributed by atoms with Gasteiger partial charge in [0, 0.05) is 0 Å². The van der Waals surface area contributed by atoms with E-state index in [1.54, 1.807) is 0 Å². The van der Waals surface area contributed by atoms with E-state index in [-0.39, 0.29) is 13.2 Å². The molecule has 62 valence electrons. The standard InChI is InChI=1S/C4H8O2.C2H6O2/c1-2-4-3-5-6-4;3-1-2-4/h4H,2-3H2,1H3;3-4H,1-2H2. The van der Waals surface area contributed by atoms with E-state index >= 15 is 0 Å². The highest BCUT2D eigenvalue weighted by Crippen LogP contribution is 2.08. The minimum absolute atomic E-state index is 0.125. The zero-order valence-corrected chi connectivity index (χ0v) is 6.12. The van der Waals surface area contributed by atoms with Crippen molar-refractivity contribution in [3.8, 4) is 0 Å². The van der Waals surface area contributed by atoms with Gasteiger partial charge in [0.15, 0.2) is 0 Å². The fourth-order valence-corrected chi connectivity index (χ4v) is 0.350. The monoisotopic (exact) mass is 150 g/mol. The van der Waals surface area contributed by atoms with E-state index < -0.39 is 0 Å². The van der Waals surface area contributed by atoms with Crippen LogP contribution in [-0.2, 0) is 9.78 Å². The van der Waals surface area contributed by atoms with Crippen LogP contribution in [0.4, 0.5) is 0 Å². The van der Waals surface area contributed by atoms with Crippen molar-refractivity contribution >= 4 is 0 Å². The fourth-order valence-electron chi connectivity index (χ4n) is 0.350. The second kappa shape index (κ2) is 6.95. The van der Waals surface area contributed by atoms with Crippen molar-refractivity contribution in [1.29, 1.82) is 0 Å². The van der Waals surface area contributed by atoms with E-state index in [0.29, 0.717) is 6.10 Å². The van der Waals surface area contributed by atoms with E-state index in [9.17, 15) is 0 Å². The quantitative estimate of drug-likeness (QED) is 0.530. The molecule has 1 saturated heterocycles. The molecule has 0 amide bonds. The highest BCUT2D eigenvalue weighted by atomic mass is 17.2. The van der Waals surface area contributed by atoms with E-state index in [1.807, 2.05) is 0 Å². The molecular weight excluding hydrogens is 136 g/mol. The zero-order valence-electron chi connectivity index (χ0n) is 6.12. The van der Waals surface area contributed by atoms with Crippen molar-refractivity contribution < 1.29 is 20.0 Å². The molecule has 1 atom stereocenters. The molecule has 1 unspecified atom stereocenters. The van der Waals surface area contributed by atoms with Crippen molar-refractivity contribution in [1.82, 2.24) is 0 Å². The summed E-state index contributed by atoms with van der Waals surface area (Å²) in [5.41, 5.74) is 0. The van der Waals surface area contributed by atoms with Gasteiger partial charge in [-0.15, -0.1) is 0 Å². The smallest absolute Gasteiger partial charge is 0.119 e. The summed E-state index contributed by atoms with van der Waals surface area (Å²) >= 11 is 0. The summed E-state index contributed by atoms with van der Waals surface area (Å²) < 4.78 is 0. The van der Waals surface area contributed by atoms with Crippen LogP contribution in [0.3, 0.4) is 0 Å². The first-order valence-corrected chi connectivity index (χ1v) is 3.35. The van der Waals surface area contributed by atoms with Crippen LogP contribution in [0, 0.1) is 0 Å².